The van der Waals surface area contributed by atoms with E-state index in [9.17, 15) is 9.59 Å². The molecule has 2 unspecified atom stereocenters. The van der Waals surface area contributed by atoms with Gasteiger partial charge in [0.2, 0.25) is 5.43 Å². The Morgan fingerprint density at radius 1 is 1.15 bits per heavy atom. The number of aromatic amines is 1. The number of amides is 1. The average molecular weight is 365 g/mol. The molecule has 2 saturated heterocycles. The quantitative estimate of drug-likeness (QED) is 0.906. The number of nitrogens with one attached hydrogen (secondary N) is 1. The highest BCUT2D eigenvalue weighted by atomic mass is 16.2. The lowest BCUT2D eigenvalue weighted by molar-refractivity contribution is 0.0469. The Kier molecular flexibility index (Phi) is 4.08. The van der Waals surface area contributed by atoms with Gasteiger partial charge < -0.3 is 14.8 Å². The maximum atomic E-state index is 13.5. The third kappa shape index (κ3) is 2.98. The topological polar surface area (TPSA) is 56.4 Å². The first-order valence-corrected chi connectivity index (χ1v) is 10.2. The van der Waals surface area contributed by atoms with Crippen LogP contribution in [0.1, 0.15) is 48.9 Å². The molecule has 3 heterocycles. The molecule has 5 heteroatoms. The Balaban J connectivity index is 1.48. The summed E-state index contributed by atoms with van der Waals surface area (Å²) in [4.78, 5) is 34.2. The number of para-hydroxylation sites is 1. The summed E-state index contributed by atoms with van der Waals surface area (Å²) in [5, 5.41) is 0.596. The van der Waals surface area contributed by atoms with Gasteiger partial charge in [0.05, 0.1) is 0 Å². The van der Waals surface area contributed by atoms with E-state index >= 15 is 0 Å². The van der Waals surface area contributed by atoms with E-state index in [0.717, 1.165) is 24.9 Å². The van der Waals surface area contributed by atoms with Crippen LogP contribution in [0.4, 0.5) is 0 Å². The van der Waals surface area contributed by atoms with Crippen molar-refractivity contribution in [3.8, 4) is 0 Å². The summed E-state index contributed by atoms with van der Waals surface area (Å²) in [7, 11) is 2.22. The van der Waals surface area contributed by atoms with E-state index in [-0.39, 0.29) is 17.4 Å². The van der Waals surface area contributed by atoms with Gasteiger partial charge in [-0.15, -0.1) is 0 Å². The van der Waals surface area contributed by atoms with Gasteiger partial charge in [0.25, 0.3) is 5.91 Å². The second-order valence-electron chi connectivity index (χ2n) is 8.65. The molecular weight excluding hydrogens is 338 g/mol. The number of hydrogen-bond donors (Lipinski definition) is 1. The fourth-order valence-electron chi connectivity index (χ4n) is 5.09. The lowest BCUT2D eigenvalue weighted by Gasteiger charge is -2.42. The zero-order chi connectivity index (χ0) is 18.5. The van der Waals surface area contributed by atoms with Crippen LogP contribution in [-0.4, -0.2) is 52.4 Å². The fourth-order valence-corrected chi connectivity index (χ4v) is 5.09. The molecule has 2 atom stereocenters. The van der Waals surface area contributed by atoms with E-state index in [1.165, 1.54) is 25.7 Å². The van der Waals surface area contributed by atoms with E-state index in [1.54, 1.807) is 12.3 Å². The summed E-state index contributed by atoms with van der Waals surface area (Å²) in [6.07, 6.45) is 8.58. The average Bonchev–Trinajstić information content (AvgIpc) is 3.47. The van der Waals surface area contributed by atoms with Crippen LogP contribution in [0.2, 0.25) is 0 Å². The molecule has 5 nitrogen and oxygen atoms in total. The van der Waals surface area contributed by atoms with Gasteiger partial charge in [0, 0.05) is 41.8 Å². The van der Waals surface area contributed by atoms with Crippen molar-refractivity contribution in [2.75, 3.05) is 13.6 Å². The Labute approximate surface area is 159 Å². The highest BCUT2D eigenvalue weighted by molar-refractivity contribution is 5.97. The van der Waals surface area contributed by atoms with Crippen LogP contribution in [-0.2, 0) is 0 Å². The van der Waals surface area contributed by atoms with Gasteiger partial charge in [-0.1, -0.05) is 12.1 Å². The fraction of sp³-hybridized carbons (Fsp3) is 0.545. The molecule has 142 valence electrons. The molecule has 2 aromatic rings. The molecule has 2 aliphatic heterocycles. The summed E-state index contributed by atoms with van der Waals surface area (Å²) in [6, 6.07) is 8.85. The molecule has 3 fully saturated rings. The zero-order valence-corrected chi connectivity index (χ0v) is 15.9. The maximum Gasteiger partial charge on any atom is 0.259 e. The number of hydrogen-bond acceptors (Lipinski definition) is 3. The smallest absolute Gasteiger partial charge is 0.259 e. The second kappa shape index (κ2) is 6.48. The second-order valence-corrected chi connectivity index (χ2v) is 8.65. The number of piperidine rings is 1. The van der Waals surface area contributed by atoms with Crippen LogP contribution in [0, 0.1) is 5.92 Å². The van der Waals surface area contributed by atoms with Crippen molar-refractivity contribution in [1.29, 1.82) is 0 Å². The molecule has 1 amide bonds. The third-order valence-corrected chi connectivity index (χ3v) is 6.95. The number of pyridine rings is 1. The lowest BCUT2D eigenvalue weighted by atomic mass is 9.95. The number of fused-ring (bicyclic) bond motifs is 3. The molecule has 1 aliphatic carbocycles. The van der Waals surface area contributed by atoms with Crippen LogP contribution < -0.4 is 5.43 Å². The molecular formula is C22H27N3O2. The standard InChI is InChI=1S/C22H27N3O2/c1-24-15-8-9-16(24)11-17(10-15)25(13-14-6-7-14)22(27)19-12-23-20-5-3-2-4-18(20)21(19)26/h2-5,12,14-17H,6-11,13H2,1H3,(H,23,26). The minimum absolute atomic E-state index is 0.0807. The molecule has 0 spiro atoms. The van der Waals surface area contributed by atoms with Crippen molar-refractivity contribution in [2.24, 2.45) is 5.92 Å². The Morgan fingerprint density at radius 3 is 2.56 bits per heavy atom. The Morgan fingerprint density at radius 2 is 1.85 bits per heavy atom. The summed E-state index contributed by atoms with van der Waals surface area (Å²) < 4.78 is 0. The molecule has 0 radical (unpaired) electrons. The summed E-state index contributed by atoms with van der Waals surface area (Å²) in [6.45, 7) is 0.804. The van der Waals surface area contributed by atoms with E-state index in [2.05, 4.69) is 21.8 Å². The molecule has 2 bridgehead atoms. The van der Waals surface area contributed by atoms with E-state index in [4.69, 9.17) is 0 Å². The van der Waals surface area contributed by atoms with Crippen LogP contribution in [0.5, 0.6) is 0 Å². The van der Waals surface area contributed by atoms with E-state index in [0.29, 0.717) is 29.0 Å². The van der Waals surface area contributed by atoms with Crippen LogP contribution in [0.3, 0.4) is 0 Å². The van der Waals surface area contributed by atoms with Crippen molar-refractivity contribution in [3.63, 3.8) is 0 Å². The Hall–Kier alpha value is -2.14. The van der Waals surface area contributed by atoms with Crippen LogP contribution >= 0.6 is 0 Å². The molecule has 1 aromatic heterocycles. The number of rotatable bonds is 4. The normalized spacial score (nSPS) is 27.8. The monoisotopic (exact) mass is 365 g/mol. The van der Waals surface area contributed by atoms with Crippen molar-refractivity contribution in [1.82, 2.24) is 14.8 Å². The molecule has 3 aliphatic rings. The largest absolute Gasteiger partial charge is 0.360 e. The van der Waals surface area contributed by atoms with Crippen molar-refractivity contribution in [2.45, 2.75) is 56.7 Å². The van der Waals surface area contributed by atoms with Crippen LogP contribution in [0.25, 0.3) is 10.9 Å². The molecule has 1 aromatic carbocycles. The van der Waals surface area contributed by atoms with Gasteiger partial charge in [0.15, 0.2) is 0 Å². The number of carbonyl (C=O) groups excluding carboxylic acids is 1. The predicted octanol–water partition coefficient (Wildman–Crippen LogP) is 3.01. The molecule has 5 rings (SSSR count). The Bertz CT molecular complexity index is 919. The minimum atomic E-state index is -0.147. The van der Waals surface area contributed by atoms with Gasteiger partial charge >= 0.3 is 0 Å². The van der Waals surface area contributed by atoms with Crippen molar-refractivity contribution < 1.29 is 4.79 Å². The van der Waals surface area contributed by atoms with Gasteiger partial charge in [-0.3, -0.25) is 9.59 Å². The first-order valence-electron chi connectivity index (χ1n) is 10.2. The van der Waals surface area contributed by atoms with E-state index < -0.39 is 0 Å². The van der Waals surface area contributed by atoms with Gasteiger partial charge in [-0.2, -0.15) is 0 Å². The van der Waals surface area contributed by atoms with Crippen molar-refractivity contribution >= 4 is 16.8 Å². The zero-order valence-electron chi connectivity index (χ0n) is 15.9. The number of nitrogens with zero attached hydrogens (tertiary/aromatic N) is 2. The van der Waals surface area contributed by atoms with Gasteiger partial charge in [-0.05, 0) is 63.6 Å². The maximum absolute atomic E-state index is 13.5. The first kappa shape index (κ1) is 17.0. The minimum Gasteiger partial charge on any atom is -0.360 e. The molecule has 1 N–H and O–H groups in total. The first-order chi connectivity index (χ1) is 13.1. The summed E-state index contributed by atoms with van der Waals surface area (Å²) >= 11 is 0. The van der Waals surface area contributed by atoms with Crippen LogP contribution in [0.15, 0.2) is 35.3 Å². The predicted molar refractivity (Wildman–Crippen MR) is 106 cm³/mol. The van der Waals surface area contributed by atoms with Crippen molar-refractivity contribution in [3.05, 3.63) is 46.2 Å². The highest BCUT2D eigenvalue weighted by Crippen LogP contribution is 2.38. The third-order valence-electron chi connectivity index (χ3n) is 6.95. The van der Waals surface area contributed by atoms with Gasteiger partial charge in [0.1, 0.15) is 5.56 Å². The molecule has 27 heavy (non-hydrogen) atoms. The van der Waals surface area contributed by atoms with Gasteiger partial charge in [-0.25, -0.2) is 0 Å². The summed E-state index contributed by atoms with van der Waals surface area (Å²) in [5.74, 6) is 0.536. The number of aromatic nitrogens is 1. The number of benzene rings is 1. The lowest BCUT2D eigenvalue weighted by Crippen LogP contribution is -2.52. The highest BCUT2D eigenvalue weighted by Gasteiger charge is 2.43. The van der Waals surface area contributed by atoms with E-state index in [1.807, 2.05) is 18.2 Å². The number of carbonyl (C=O) groups is 1. The molecule has 1 saturated carbocycles. The number of H-pyrrole nitrogens is 1. The SMILES string of the molecule is CN1C2CCC1CC(N(CC1CC1)C(=O)c1c[nH]c3ccccc3c1=O)C2. The summed E-state index contributed by atoms with van der Waals surface area (Å²) in [5.41, 5.74) is 0.928.